The minimum absolute atomic E-state index is 0.0155. The molecule has 9 nitrogen and oxygen atoms in total. The van der Waals surface area contributed by atoms with Crippen LogP contribution in [-0.2, 0) is 4.79 Å². The van der Waals surface area contributed by atoms with E-state index in [-0.39, 0.29) is 5.70 Å². The van der Waals surface area contributed by atoms with Crippen LogP contribution in [0.3, 0.4) is 0 Å². The maximum atomic E-state index is 11.5. The van der Waals surface area contributed by atoms with E-state index in [1.165, 1.54) is 21.3 Å². The summed E-state index contributed by atoms with van der Waals surface area (Å²) in [4.78, 5) is 15.7. The molecular weight excluding hydrogens is 328 g/mol. The highest BCUT2D eigenvalue weighted by Gasteiger charge is 2.29. The first-order chi connectivity index (χ1) is 12.0. The van der Waals surface area contributed by atoms with E-state index in [0.717, 1.165) is 0 Å². The van der Waals surface area contributed by atoms with Gasteiger partial charge >= 0.3 is 5.97 Å². The van der Waals surface area contributed by atoms with Gasteiger partial charge in [0.25, 0.3) is 0 Å². The van der Waals surface area contributed by atoms with E-state index in [4.69, 9.17) is 14.2 Å². The van der Waals surface area contributed by atoms with Gasteiger partial charge in [0.2, 0.25) is 5.95 Å². The van der Waals surface area contributed by atoms with Gasteiger partial charge in [0, 0.05) is 11.6 Å². The summed E-state index contributed by atoms with van der Waals surface area (Å²) >= 11 is 0. The van der Waals surface area contributed by atoms with Gasteiger partial charge in [-0.3, -0.25) is 0 Å². The number of hydrogen-bond donors (Lipinski definition) is 2. The zero-order valence-corrected chi connectivity index (χ0v) is 14.2. The predicted octanol–water partition coefficient (Wildman–Crippen LogP) is 1.60. The number of methoxy groups -OCH3 is 3. The molecule has 2 heterocycles. The normalized spacial score (nSPS) is 15.7. The number of aromatic nitrogens is 3. The molecule has 0 aliphatic carbocycles. The van der Waals surface area contributed by atoms with Gasteiger partial charge in [-0.2, -0.15) is 10.1 Å². The molecule has 0 saturated carbocycles. The molecule has 3 rings (SSSR count). The van der Waals surface area contributed by atoms with E-state index in [2.05, 4.69) is 15.4 Å². The Morgan fingerprint density at radius 3 is 2.40 bits per heavy atom. The van der Waals surface area contributed by atoms with Crippen molar-refractivity contribution in [1.29, 1.82) is 0 Å². The average molecular weight is 346 g/mol. The second kappa shape index (κ2) is 6.34. The summed E-state index contributed by atoms with van der Waals surface area (Å²) in [5.74, 6) is 1.31. The third-order valence-corrected chi connectivity index (χ3v) is 3.86. The lowest BCUT2D eigenvalue weighted by Crippen LogP contribution is -2.24. The molecule has 2 N–H and O–H groups in total. The van der Waals surface area contributed by atoms with Crippen molar-refractivity contribution in [2.75, 3.05) is 26.6 Å². The summed E-state index contributed by atoms with van der Waals surface area (Å²) in [5.41, 5.74) is 0.688. The van der Waals surface area contributed by atoms with Crippen LogP contribution in [0.2, 0.25) is 0 Å². The van der Waals surface area contributed by atoms with Crippen molar-refractivity contribution in [3.05, 3.63) is 35.3 Å². The fourth-order valence-corrected chi connectivity index (χ4v) is 2.73. The van der Waals surface area contributed by atoms with Gasteiger partial charge in [-0.25, -0.2) is 9.48 Å². The van der Waals surface area contributed by atoms with Crippen molar-refractivity contribution >= 4 is 11.9 Å². The number of carboxylic acids is 1. The molecule has 0 unspecified atom stereocenters. The molecule has 25 heavy (non-hydrogen) atoms. The number of carbonyl (C=O) groups is 1. The van der Waals surface area contributed by atoms with Gasteiger partial charge in [-0.15, -0.1) is 0 Å². The SMILES string of the molecule is COc1cc(OC)c([C@H]2C=C(C(=O)O)Nc3nc(C)nn32)cc1OC. The molecule has 0 amide bonds. The molecule has 132 valence electrons. The molecule has 1 aliphatic rings. The summed E-state index contributed by atoms with van der Waals surface area (Å²) in [6.45, 7) is 1.73. The standard InChI is InChI=1S/C16H18N4O5/c1-8-17-16-18-10(15(21)22)6-11(20(16)19-8)9-5-13(24-3)14(25-4)7-12(9)23-2/h5-7,11H,1-4H3,(H,21,22)(H,17,18,19)/t11-/m1/s1. The summed E-state index contributed by atoms with van der Waals surface area (Å²) in [5, 5.41) is 16.5. The highest BCUT2D eigenvalue weighted by molar-refractivity contribution is 5.90. The van der Waals surface area contributed by atoms with E-state index in [0.29, 0.717) is 34.6 Å². The first-order valence-corrected chi connectivity index (χ1v) is 7.43. The molecule has 1 atom stereocenters. The summed E-state index contributed by atoms with van der Waals surface area (Å²) < 4.78 is 17.7. The molecule has 0 bridgehead atoms. The number of carboxylic acid groups (broad SMARTS) is 1. The first-order valence-electron chi connectivity index (χ1n) is 7.43. The molecule has 0 fully saturated rings. The summed E-state index contributed by atoms with van der Waals surface area (Å²) in [6, 6.07) is 2.90. The van der Waals surface area contributed by atoms with Crippen LogP contribution >= 0.6 is 0 Å². The van der Waals surface area contributed by atoms with Crippen molar-refractivity contribution < 1.29 is 24.1 Å². The van der Waals surface area contributed by atoms with Gasteiger partial charge in [0.15, 0.2) is 11.5 Å². The van der Waals surface area contributed by atoms with Crippen molar-refractivity contribution in [1.82, 2.24) is 14.8 Å². The van der Waals surface area contributed by atoms with Crippen LogP contribution in [0.15, 0.2) is 23.9 Å². The Kier molecular flexibility index (Phi) is 4.22. The lowest BCUT2D eigenvalue weighted by Gasteiger charge is -2.24. The first kappa shape index (κ1) is 16.6. The van der Waals surface area contributed by atoms with Crippen LogP contribution in [-0.4, -0.2) is 47.2 Å². The topological polar surface area (TPSA) is 108 Å². The molecule has 0 saturated heterocycles. The number of ether oxygens (including phenoxy) is 3. The van der Waals surface area contributed by atoms with Crippen molar-refractivity contribution in [3.63, 3.8) is 0 Å². The monoisotopic (exact) mass is 346 g/mol. The molecule has 1 aliphatic heterocycles. The second-order valence-electron chi connectivity index (χ2n) is 5.33. The number of aryl methyl sites for hydroxylation is 1. The number of anilines is 1. The molecule has 0 radical (unpaired) electrons. The Hall–Kier alpha value is -3.23. The summed E-state index contributed by atoms with van der Waals surface area (Å²) in [6.07, 6.45) is 1.55. The van der Waals surface area contributed by atoms with E-state index in [1.54, 1.807) is 29.8 Å². The Morgan fingerprint density at radius 1 is 1.16 bits per heavy atom. The molecule has 2 aromatic rings. The molecule has 0 spiro atoms. The van der Waals surface area contributed by atoms with Gasteiger partial charge in [-0.1, -0.05) is 0 Å². The number of benzene rings is 1. The minimum atomic E-state index is -1.09. The zero-order chi connectivity index (χ0) is 18.1. The third kappa shape index (κ3) is 2.84. The lowest BCUT2D eigenvalue weighted by atomic mass is 10.0. The fraction of sp³-hybridized carbons (Fsp3) is 0.312. The number of nitrogens with one attached hydrogen (secondary N) is 1. The quantitative estimate of drug-likeness (QED) is 0.840. The molecule has 1 aromatic carbocycles. The van der Waals surface area contributed by atoms with Crippen LogP contribution in [0, 0.1) is 6.92 Å². The maximum Gasteiger partial charge on any atom is 0.352 e. The predicted molar refractivity (Wildman–Crippen MR) is 88.3 cm³/mol. The van der Waals surface area contributed by atoms with Crippen LogP contribution in [0.5, 0.6) is 17.2 Å². The van der Waals surface area contributed by atoms with Gasteiger partial charge in [0.1, 0.15) is 23.3 Å². The number of fused-ring (bicyclic) bond motifs is 1. The van der Waals surface area contributed by atoms with Crippen LogP contribution in [0.25, 0.3) is 0 Å². The van der Waals surface area contributed by atoms with E-state index in [1.807, 2.05) is 0 Å². The molecule has 1 aromatic heterocycles. The summed E-state index contributed by atoms with van der Waals surface area (Å²) in [7, 11) is 4.59. The second-order valence-corrected chi connectivity index (χ2v) is 5.33. The highest BCUT2D eigenvalue weighted by Crippen LogP contribution is 2.41. The average Bonchev–Trinajstić information content (AvgIpc) is 2.99. The smallest absolute Gasteiger partial charge is 0.352 e. The van der Waals surface area contributed by atoms with Crippen LogP contribution < -0.4 is 19.5 Å². The van der Waals surface area contributed by atoms with E-state index >= 15 is 0 Å². The number of rotatable bonds is 5. The third-order valence-electron chi connectivity index (χ3n) is 3.86. The number of allylic oxidation sites excluding steroid dienone is 1. The number of nitrogens with zero attached hydrogens (tertiary/aromatic N) is 3. The van der Waals surface area contributed by atoms with Gasteiger partial charge in [0.05, 0.1) is 21.3 Å². The van der Waals surface area contributed by atoms with Gasteiger partial charge < -0.3 is 24.6 Å². The Morgan fingerprint density at radius 2 is 1.80 bits per heavy atom. The zero-order valence-electron chi connectivity index (χ0n) is 14.2. The Bertz CT molecular complexity index is 858. The lowest BCUT2D eigenvalue weighted by molar-refractivity contribution is -0.132. The van der Waals surface area contributed by atoms with E-state index < -0.39 is 12.0 Å². The number of hydrogen-bond acceptors (Lipinski definition) is 7. The van der Waals surface area contributed by atoms with E-state index in [9.17, 15) is 9.90 Å². The van der Waals surface area contributed by atoms with Crippen molar-refractivity contribution in [3.8, 4) is 17.2 Å². The molecule has 9 heteroatoms. The minimum Gasteiger partial charge on any atom is -0.496 e. The highest BCUT2D eigenvalue weighted by atomic mass is 16.5. The maximum absolute atomic E-state index is 11.5. The van der Waals surface area contributed by atoms with Crippen molar-refractivity contribution in [2.45, 2.75) is 13.0 Å². The van der Waals surface area contributed by atoms with Crippen LogP contribution in [0.4, 0.5) is 5.95 Å². The van der Waals surface area contributed by atoms with Gasteiger partial charge in [-0.05, 0) is 19.1 Å². The Labute approximate surface area is 143 Å². The fourth-order valence-electron chi connectivity index (χ4n) is 2.73. The van der Waals surface area contributed by atoms with Crippen molar-refractivity contribution in [2.24, 2.45) is 0 Å². The Balaban J connectivity index is 2.21. The molecular formula is C16H18N4O5. The number of aliphatic carboxylic acids is 1. The van der Waals surface area contributed by atoms with Crippen LogP contribution in [0.1, 0.15) is 17.4 Å². The largest absolute Gasteiger partial charge is 0.496 e.